The molecule has 2 heteroatoms. The van der Waals surface area contributed by atoms with Gasteiger partial charge in [-0.2, -0.15) is 0 Å². The van der Waals surface area contributed by atoms with Crippen molar-refractivity contribution in [3.63, 3.8) is 0 Å². The highest BCUT2D eigenvalue weighted by molar-refractivity contribution is 4.80. The zero-order valence-electron chi connectivity index (χ0n) is 11.0. The minimum Gasteiger partial charge on any atom is -0.361 e. The van der Waals surface area contributed by atoms with Gasteiger partial charge in [0.05, 0.1) is 6.61 Å². The molecule has 2 nitrogen and oxygen atoms in total. The quantitative estimate of drug-likeness (QED) is 0.573. The van der Waals surface area contributed by atoms with Crippen LogP contribution < -0.4 is 5.73 Å². The lowest BCUT2D eigenvalue weighted by Crippen LogP contribution is -2.51. The van der Waals surface area contributed by atoms with Gasteiger partial charge >= 0.3 is 0 Å². The van der Waals surface area contributed by atoms with Gasteiger partial charge in [-0.05, 0) is 12.8 Å². The van der Waals surface area contributed by atoms with Crippen molar-refractivity contribution in [2.24, 2.45) is 5.73 Å². The van der Waals surface area contributed by atoms with Gasteiger partial charge in [0.15, 0.2) is 0 Å². The molecule has 0 aromatic rings. The van der Waals surface area contributed by atoms with Gasteiger partial charge in [-0.1, -0.05) is 58.3 Å². The number of ether oxygens (including phenoxy) is 1. The third-order valence-electron chi connectivity index (χ3n) is 3.62. The molecule has 1 heterocycles. The summed E-state index contributed by atoms with van der Waals surface area (Å²) in [7, 11) is 0. The third kappa shape index (κ3) is 5.86. The number of hydrogen-bond donors (Lipinski definition) is 1. The molecule has 1 fully saturated rings. The molecule has 0 bridgehead atoms. The second-order valence-electron chi connectivity index (χ2n) is 5.24. The fourth-order valence-electron chi connectivity index (χ4n) is 2.30. The molecule has 1 unspecified atom stereocenters. The topological polar surface area (TPSA) is 35.2 Å². The van der Waals surface area contributed by atoms with Gasteiger partial charge in [0, 0.05) is 6.42 Å². The lowest BCUT2D eigenvalue weighted by Gasteiger charge is -2.38. The Morgan fingerprint density at radius 2 is 1.44 bits per heavy atom. The van der Waals surface area contributed by atoms with Crippen molar-refractivity contribution in [3.8, 4) is 0 Å². The van der Waals surface area contributed by atoms with Gasteiger partial charge < -0.3 is 10.5 Å². The Bertz CT molecular complexity index is 166. The molecule has 1 atom stereocenters. The van der Waals surface area contributed by atoms with E-state index in [-0.39, 0.29) is 5.72 Å². The van der Waals surface area contributed by atoms with E-state index in [1.54, 1.807) is 0 Å². The van der Waals surface area contributed by atoms with E-state index < -0.39 is 0 Å². The first kappa shape index (κ1) is 14.0. The summed E-state index contributed by atoms with van der Waals surface area (Å²) in [6.45, 7) is 3.14. The van der Waals surface area contributed by atoms with Crippen LogP contribution in [0.15, 0.2) is 0 Å². The Kier molecular flexibility index (Phi) is 7.06. The van der Waals surface area contributed by atoms with Crippen LogP contribution >= 0.6 is 0 Å². The second kappa shape index (κ2) is 8.08. The third-order valence-corrected chi connectivity index (χ3v) is 3.62. The summed E-state index contributed by atoms with van der Waals surface area (Å²) < 4.78 is 5.37. The van der Waals surface area contributed by atoms with Crippen molar-refractivity contribution >= 4 is 0 Å². The summed E-state index contributed by atoms with van der Waals surface area (Å²) in [5.41, 5.74) is 5.74. The standard InChI is InChI=1S/C14H29NO/c1-2-3-4-5-6-7-8-9-10-11-14(15)12-13-16-14/h2-13,15H2,1H3. The van der Waals surface area contributed by atoms with Crippen LogP contribution in [-0.4, -0.2) is 12.3 Å². The van der Waals surface area contributed by atoms with Gasteiger partial charge in [0.1, 0.15) is 5.72 Å². The molecular weight excluding hydrogens is 198 g/mol. The summed E-state index contributed by atoms with van der Waals surface area (Å²) >= 11 is 0. The Balaban J connectivity index is 1.74. The fourth-order valence-corrected chi connectivity index (χ4v) is 2.30. The highest BCUT2D eigenvalue weighted by Gasteiger charge is 2.32. The van der Waals surface area contributed by atoms with Gasteiger partial charge in [-0.15, -0.1) is 0 Å². The van der Waals surface area contributed by atoms with E-state index in [0.717, 1.165) is 19.4 Å². The van der Waals surface area contributed by atoms with Crippen LogP contribution in [0.25, 0.3) is 0 Å². The highest BCUT2D eigenvalue weighted by Crippen LogP contribution is 2.26. The first-order chi connectivity index (χ1) is 7.77. The van der Waals surface area contributed by atoms with Crippen molar-refractivity contribution in [2.75, 3.05) is 6.61 Å². The maximum absolute atomic E-state index is 5.98. The van der Waals surface area contributed by atoms with Gasteiger partial charge in [-0.25, -0.2) is 0 Å². The summed E-state index contributed by atoms with van der Waals surface area (Å²) in [6.07, 6.45) is 14.5. The second-order valence-corrected chi connectivity index (χ2v) is 5.24. The Morgan fingerprint density at radius 1 is 0.938 bits per heavy atom. The van der Waals surface area contributed by atoms with Crippen LogP contribution in [0.3, 0.4) is 0 Å². The molecule has 2 N–H and O–H groups in total. The van der Waals surface area contributed by atoms with Gasteiger partial charge in [0.25, 0.3) is 0 Å². The number of hydrogen-bond acceptors (Lipinski definition) is 2. The van der Waals surface area contributed by atoms with Gasteiger partial charge in [0.2, 0.25) is 0 Å². The first-order valence-electron chi connectivity index (χ1n) is 7.20. The Labute approximate surface area is 101 Å². The van der Waals surface area contributed by atoms with Crippen LogP contribution in [0.4, 0.5) is 0 Å². The largest absolute Gasteiger partial charge is 0.361 e. The van der Waals surface area contributed by atoms with Crippen LogP contribution in [0.2, 0.25) is 0 Å². The highest BCUT2D eigenvalue weighted by atomic mass is 16.5. The van der Waals surface area contributed by atoms with Crippen LogP contribution in [0.1, 0.15) is 77.6 Å². The van der Waals surface area contributed by atoms with Crippen LogP contribution in [0.5, 0.6) is 0 Å². The molecule has 0 aromatic heterocycles. The van der Waals surface area contributed by atoms with Crippen LogP contribution in [-0.2, 0) is 4.74 Å². The van der Waals surface area contributed by atoms with E-state index in [1.807, 2.05) is 0 Å². The predicted octanol–water partition coefficient (Wildman–Crippen LogP) is 3.98. The Morgan fingerprint density at radius 3 is 1.88 bits per heavy atom. The number of unbranched alkanes of at least 4 members (excludes halogenated alkanes) is 8. The molecule has 0 amide bonds. The van der Waals surface area contributed by atoms with Gasteiger partial charge in [-0.3, -0.25) is 0 Å². The number of nitrogens with two attached hydrogens (primary N) is 1. The lowest BCUT2D eigenvalue weighted by atomic mass is 9.97. The van der Waals surface area contributed by atoms with Crippen molar-refractivity contribution < 1.29 is 4.74 Å². The zero-order chi connectivity index (χ0) is 11.7. The molecule has 0 saturated carbocycles. The van der Waals surface area contributed by atoms with E-state index in [4.69, 9.17) is 10.5 Å². The normalized spacial score (nSPS) is 24.4. The average Bonchev–Trinajstić information content (AvgIpc) is 2.24. The molecule has 0 aromatic carbocycles. The van der Waals surface area contributed by atoms with Crippen molar-refractivity contribution in [3.05, 3.63) is 0 Å². The van der Waals surface area contributed by atoms with Crippen molar-refractivity contribution in [2.45, 2.75) is 83.3 Å². The van der Waals surface area contributed by atoms with Crippen molar-refractivity contribution in [1.82, 2.24) is 0 Å². The molecule has 16 heavy (non-hydrogen) atoms. The smallest absolute Gasteiger partial charge is 0.118 e. The molecule has 1 aliphatic heterocycles. The number of rotatable bonds is 10. The molecule has 1 rings (SSSR count). The monoisotopic (exact) mass is 227 g/mol. The maximum atomic E-state index is 5.98. The maximum Gasteiger partial charge on any atom is 0.118 e. The van der Waals surface area contributed by atoms with E-state index in [1.165, 1.54) is 57.8 Å². The van der Waals surface area contributed by atoms with E-state index in [0.29, 0.717) is 0 Å². The fraction of sp³-hybridized carbons (Fsp3) is 1.00. The van der Waals surface area contributed by atoms with E-state index in [2.05, 4.69) is 6.92 Å². The molecule has 0 aliphatic carbocycles. The summed E-state index contributed by atoms with van der Waals surface area (Å²) in [5.74, 6) is 0. The molecular formula is C14H29NO. The average molecular weight is 227 g/mol. The van der Waals surface area contributed by atoms with Crippen LogP contribution in [0, 0.1) is 0 Å². The van der Waals surface area contributed by atoms with E-state index in [9.17, 15) is 0 Å². The SMILES string of the molecule is CCCCCCCCCCCC1(N)CCO1. The molecule has 96 valence electrons. The summed E-state index contributed by atoms with van der Waals surface area (Å²) in [4.78, 5) is 0. The molecule has 0 radical (unpaired) electrons. The zero-order valence-corrected chi connectivity index (χ0v) is 11.0. The predicted molar refractivity (Wildman–Crippen MR) is 69.3 cm³/mol. The molecule has 1 saturated heterocycles. The van der Waals surface area contributed by atoms with E-state index >= 15 is 0 Å². The summed E-state index contributed by atoms with van der Waals surface area (Å²) in [5, 5.41) is 0. The summed E-state index contributed by atoms with van der Waals surface area (Å²) in [6, 6.07) is 0. The minimum absolute atomic E-state index is 0.235. The molecule has 0 spiro atoms. The Hall–Kier alpha value is -0.0800. The lowest BCUT2D eigenvalue weighted by molar-refractivity contribution is -0.148. The minimum atomic E-state index is -0.235. The first-order valence-corrected chi connectivity index (χ1v) is 7.20. The molecule has 1 aliphatic rings. The van der Waals surface area contributed by atoms with Crippen molar-refractivity contribution in [1.29, 1.82) is 0 Å².